The normalized spacial score (nSPS) is 10.6. The number of hydrogen-bond acceptors (Lipinski definition) is 5. The molecule has 2 aromatic heterocycles. The molecule has 0 aliphatic heterocycles. The Kier molecular flexibility index (Phi) is 4.97. The van der Waals surface area contributed by atoms with Crippen molar-refractivity contribution in [3.63, 3.8) is 0 Å². The van der Waals surface area contributed by atoms with Gasteiger partial charge in [0.2, 0.25) is 5.91 Å². The van der Waals surface area contributed by atoms with E-state index in [1.54, 1.807) is 18.1 Å². The predicted molar refractivity (Wildman–Crippen MR) is 101 cm³/mol. The largest absolute Gasteiger partial charge is 0.291 e. The van der Waals surface area contributed by atoms with Crippen LogP contribution in [0.15, 0.2) is 52.9 Å². The highest BCUT2D eigenvalue weighted by atomic mass is 32.2. The molecule has 0 fully saturated rings. The average Bonchev–Trinajstić information content (AvgIpc) is 2.94. The van der Waals surface area contributed by atoms with Crippen molar-refractivity contribution in [1.82, 2.24) is 9.97 Å². The van der Waals surface area contributed by atoms with Crippen LogP contribution in [0.25, 0.3) is 11.3 Å². The highest BCUT2D eigenvalue weighted by Gasteiger charge is 2.16. The zero-order chi connectivity index (χ0) is 17.1. The third-order valence-electron chi connectivity index (χ3n) is 3.69. The number of amides is 1. The molecule has 0 saturated heterocycles. The number of rotatable bonds is 4. The van der Waals surface area contributed by atoms with Crippen LogP contribution in [0, 0.1) is 6.92 Å². The van der Waals surface area contributed by atoms with Gasteiger partial charge in [-0.05, 0) is 24.6 Å². The zero-order valence-electron chi connectivity index (χ0n) is 13.4. The van der Waals surface area contributed by atoms with Gasteiger partial charge in [-0.15, -0.1) is 12.6 Å². The van der Waals surface area contributed by atoms with E-state index in [9.17, 15) is 4.79 Å². The Morgan fingerprint density at radius 3 is 2.54 bits per heavy atom. The second kappa shape index (κ2) is 7.15. The van der Waals surface area contributed by atoms with Crippen molar-refractivity contribution >= 4 is 35.0 Å². The first kappa shape index (κ1) is 16.7. The molecule has 0 spiro atoms. The molecule has 1 aromatic carbocycles. The number of aromatic nitrogens is 2. The van der Waals surface area contributed by atoms with Gasteiger partial charge in [0.1, 0.15) is 0 Å². The Morgan fingerprint density at radius 2 is 1.96 bits per heavy atom. The summed E-state index contributed by atoms with van der Waals surface area (Å²) in [6.45, 7) is 1.89. The number of carbonyl (C=O) groups excluding carboxylic acids is 1. The van der Waals surface area contributed by atoms with E-state index >= 15 is 0 Å². The molecule has 0 saturated carbocycles. The minimum absolute atomic E-state index is 0.00247. The van der Waals surface area contributed by atoms with Crippen LogP contribution in [-0.4, -0.2) is 22.9 Å². The standard InChI is InChI=1S/C18H17N3OS2/c1-12-17(23)24-18(20-12)21(2)16(22)11-13-6-8-14(9-7-13)15-5-3-4-10-19-15/h3-10,23H,11H2,1-2H3. The van der Waals surface area contributed by atoms with Gasteiger partial charge >= 0.3 is 0 Å². The van der Waals surface area contributed by atoms with Crippen LogP contribution in [-0.2, 0) is 11.2 Å². The lowest BCUT2D eigenvalue weighted by Gasteiger charge is -2.13. The van der Waals surface area contributed by atoms with E-state index in [0.717, 1.165) is 26.7 Å². The number of carbonyl (C=O) groups is 1. The van der Waals surface area contributed by atoms with E-state index < -0.39 is 0 Å². The molecule has 3 aromatic rings. The Morgan fingerprint density at radius 1 is 1.21 bits per heavy atom. The summed E-state index contributed by atoms with van der Waals surface area (Å²) in [5.41, 5.74) is 3.77. The highest BCUT2D eigenvalue weighted by molar-refractivity contribution is 7.83. The molecule has 0 aliphatic rings. The lowest BCUT2D eigenvalue weighted by atomic mass is 10.1. The van der Waals surface area contributed by atoms with E-state index in [2.05, 4.69) is 22.6 Å². The van der Waals surface area contributed by atoms with Gasteiger partial charge in [-0.1, -0.05) is 41.7 Å². The van der Waals surface area contributed by atoms with Gasteiger partial charge < -0.3 is 0 Å². The van der Waals surface area contributed by atoms with Crippen molar-refractivity contribution in [2.24, 2.45) is 0 Å². The van der Waals surface area contributed by atoms with Crippen LogP contribution < -0.4 is 4.90 Å². The van der Waals surface area contributed by atoms with E-state index in [1.165, 1.54) is 11.3 Å². The minimum atomic E-state index is 0.00247. The number of nitrogens with zero attached hydrogens (tertiary/aromatic N) is 3. The zero-order valence-corrected chi connectivity index (χ0v) is 15.1. The maximum Gasteiger partial charge on any atom is 0.232 e. The van der Waals surface area contributed by atoms with Crippen molar-refractivity contribution in [3.8, 4) is 11.3 Å². The van der Waals surface area contributed by atoms with Crippen LogP contribution in [0.5, 0.6) is 0 Å². The Hall–Kier alpha value is -2.18. The third-order valence-corrected chi connectivity index (χ3v) is 5.33. The number of hydrogen-bond donors (Lipinski definition) is 1. The molecular weight excluding hydrogens is 338 g/mol. The van der Waals surface area contributed by atoms with Gasteiger partial charge in [0.25, 0.3) is 0 Å². The molecule has 3 rings (SSSR count). The molecule has 6 heteroatoms. The lowest BCUT2D eigenvalue weighted by Crippen LogP contribution is -2.27. The second-order valence-corrected chi connectivity index (χ2v) is 7.16. The third kappa shape index (κ3) is 3.66. The fourth-order valence-electron chi connectivity index (χ4n) is 2.24. The monoisotopic (exact) mass is 355 g/mol. The predicted octanol–water partition coefficient (Wildman–Crippen LogP) is 4.01. The lowest BCUT2D eigenvalue weighted by molar-refractivity contribution is -0.117. The molecule has 4 nitrogen and oxygen atoms in total. The van der Waals surface area contributed by atoms with E-state index in [4.69, 9.17) is 0 Å². The van der Waals surface area contributed by atoms with E-state index in [0.29, 0.717) is 11.6 Å². The molecule has 24 heavy (non-hydrogen) atoms. The van der Waals surface area contributed by atoms with Gasteiger partial charge in [0, 0.05) is 18.8 Å². The summed E-state index contributed by atoms with van der Waals surface area (Å²) < 4.78 is 0.837. The molecule has 1 amide bonds. The Labute approximate surface area is 150 Å². The smallest absolute Gasteiger partial charge is 0.232 e. The van der Waals surface area contributed by atoms with Gasteiger partial charge in [0.05, 0.1) is 22.0 Å². The molecular formula is C18H17N3OS2. The number of benzene rings is 1. The van der Waals surface area contributed by atoms with E-state index in [-0.39, 0.29) is 5.91 Å². The summed E-state index contributed by atoms with van der Waals surface area (Å²) in [5, 5.41) is 0.674. The summed E-state index contributed by atoms with van der Waals surface area (Å²) >= 11 is 5.75. The molecule has 0 unspecified atom stereocenters. The second-order valence-electron chi connectivity index (χ2n) is 5.43. The number of likely N-dealkylation sites (N-methyl/N-ethyl adjacent to an activating group) is 1. The van der Waals surface area contributed by atoms with Crippen LogP contribution >= 0.6 is 24.0 Å². The van der Waals surface area contributed by atoms with Gasteiger partial charge in [-0.3, -0.25) is 14.7 Å². The number of pyridine rings is 1. The molecule has 0 atom stereocenters. The first-order valence-corrected chi connectivity index (χ1v) is 8.74. The van der Waals surface area contributed by atoms with Crippen molar-refractivity contribution in [3.05, 3.63) is 59.9 Å². The van der Waals surface area contributed by atoms with Crippen LogP contribution in [0.2, 0.25) is 0 Å². The number of anilines is 1. The quantitative estimate of drug-likeness (QED) is 0.719. The van der Waals surface area contributed by atoms with Crippen LogP contribution in [0.3, 0.4) is 0 Å². The summed E-state index contributed by atoms with van der Waals surface area (Å²) in [6, 6.07) is 13.7. The first-order valence-electron chi connectivity index (χ1n) is 7.48. The van der Waals surface area contributed by atoms with Crippen molar-refractivity contribution in [1.29, 1.82) is 0 Å². The molecule has 0 N–H and O–H groups in total. The number of thiol groups is 1. The molecule has 0 bridgehead atoms. The Bertz CT molecular complexity index is 825. The first-order chi connectivity index (χ1) is 11.5. The fourth-order valence-corrected chi connectivity index (χ4v) is 3.33. The summed E-state index contributed by atoms with van der Waals surface area (Å²) in [6.07, 6.45) is 2.10. The Balaban J connectivity index is 1.70. The van der Waals surface area contributed by atoms with Gasteiger partial charge in [-0.25, -0.2) is 4.98 Å². The molecule has 0 aliphatic carbocycles. The average molecular weight is 355 g/mol. The number of thiazole rings is 1. The summed E-state index contributed by atoms with van der Waals surface area (Å²) in [7, 11) is 1.75. The summed E-state index contributed by atoms with van der Waals surface area (Å²) in [5.74, 6) is 0.00247. The minimum Gasteiger partial charge on any atom is -0.291 e. The fraction of sp³-hybridized carbons (Fsp3) is 0.167. The van der Waals surface area contributed by atoms with Crippen LogP contribution in [0.4, 0.5) is 5.13 Å². The van der Waals surface area contributed by atoms with Gasteiger partial charge in [0.15, 0.2) is 5.13 Å². The highest BCUT2D eigenvalue weighted by Crippen LogP contribution is 2.28. The molecule has 2 heterocycles. The summed E-state index contributed by atoms with van der Waals surface area (Å²) in [4.78, 5) is 22.7. The van der Waals surface area contributed by atoms with Crippen molar-refractivity contribution in [2.75, 3.05) is 11.9 Å². The molecule has 0 radical (unpaired) electrons. The number of aryl methyl sites for hydroxylation is 1. The maximum atomic E-state index is 12.4. The van der Waals surface area contributed by atoms with Crippen LogP contribution in [0.1, 0.15) is 11.3 Å². The topological polar surface area (TPSA) is 46.1 Å². The van der Waals surface area contributed by atoms with Crippen molar-refractivity contribution in [2.45, 2.75) is 17.6 Å². The van der Waals surface area contributed by atoms with Crippen molar-refractivity contribution < 1.29 is 4.79 Å². The molecule has 122 valence electrons. The van der Waals surface area contributed by atoms with Gasteiger partial charge in [-0.2, -0.15) is 0 Å². The SMILES string of the molecule is Cc1nc(N(C)C(=O)Cc2ccc(-c3ccccn3)cc2)sc1S. The maximum absolute atomic E-state index is 12.4. The van der Waals surface area contributed by atoms with E-state index in [1.807, 2.05) is 49.4 Å².